The van der Waals surface area contributed by atoms with Gasteiger partial charge >= 0.3 is 0 Å². The normalized spacial score (nSPS) is 18.4. The molecule has 0 aliphatic carbocycles. The Bertz CT molecular complexity index is 638. The Labute approximate surface area is 149 Å². The standard InChI is InChI=1S/C17H20BrN3OS/c18-15-7-11-23-16(15)17(22)21(12-13-4-1-2-9-20-13)14-5-3-8-19-10-6-14/h1-2,4,7,9,11,14,19H,3,5-6,8,10,12H2. The van der Waals surface area contributed by atoms with Crippen molar-refractivity contribution >= 4 is 33.2 Å². The van der Waals surface area contributed by atoms with Crippen LogP contribution in [0.15, 0.2) is 40.3 Å². The van der Waals surface area contributed by atoms with Gasteiger partial charge in [-0.1, -0.05) is 6.07 Å². The predicted molar refractivity (Wildman–Crippen MR) is 96.6 cm³/mol. The highest BCUT2D eigenvalue weighted by molar-refractivity contribution is 9.10. The second-order valence-electron chi connectivity index (χ2n) is 5.69. The molecule has 1 aliphatic rings. The average Bonchev–Trinajstić information content (AvgIpc) is 2.84. The minimum atomic E-state index is 0.101. The van der Waals surface area contributed by atoms with Crippen LogP contribution in [0, 0.1) is 0 Å². The third-order valence-corrected chi connectivity index (χ3v) is 5.94. The smallest absolute Gasteiger partial charge is 0.265 e. The van der Waals surface area contributed by atoms with E-state index in [1.165, 1.54) is 11.3 Å². The van der Waals surface area contributed by atoms with Crippen molar-refractivity contribution in [2.24, 2.45) is 0 Å². The predicted octanol–water partition coefficient (Wildman–Crippen LogP) is 3.69. The number of carbonyl (C=O) groups is 1. The van der Waals surface area contributed by atoms with E-state index in [1.54, 1.807) is 6.20 Å². The summed E-state index contributed by atoms with van der Waals surface area (Å²) in [6, 6.07) is 8.06. The lowest BCUT2D eigenvalue weighted by molar-refractivity contribution is 0.0646. The van der Waals surface area contributed by atoms with Gasteiger partial charge in [-0.2, -0.15) is 0 Å². The number of amides is 1. The monoisotopic (exact) mass is 393 g/mol. The first-order valence-electron chi connectivity index (χ1n) is 7.90. The summed E-state index contributed by atoms with van der Waals surface area (Å²) in [4.78, 5) is 20.3. The van der Waals surface area contributed by atoms with Crippen molar-refractivity contribution in [2.45, 2.75) is 31.8 Å². The number of thiophene rings is 1. The van der Waals surface area contributed by atoms with Crippen molar-refractivity contribution in [2.75, 3.05) is 13.1 Å². The highest BCUT2D eigenvalue weighted by atomic mass is 79.9. The van der Waals surface area contributed by atoms with Crippen LogP contribution in [0.4, 0.5) is 0 Å². The fraction of sp³-hybridized carbons (Fsp3) is 0.412. The van der Waals surface area contributed by atoms with Crippen molar-refractivity contribution < 1.29 is 4.79 Å². The van der Waals surface area contributed by atoms with Gasteiger partial charge in [-0.15, -0.1) is 11.3 Å². The van der Waals surface area contributed by atoms with Crippen molar-refractivity contribution in [3.05, 3.63) is 50.9 Å². The van der Waals surface area contributed by atoms with Gasteiger partial charge in [0.2, 0.25) is 0 Å². The highest BCUT2D eigenvalue weighted by Crippen LogP contribution is 2.27. The second-order valence-corrected chi connectivity index (χ2v) is 7.46. The van der Waals surface area contributed by atoms with E-state index in [0.717, 1.165) is 47.4 Å². The zero-order valence-corrected chi connectivity index (χ0v) is 15.3. The number of pyridine rings is 1. The number of nitrogens with one attached hydrogen (secondary N) is 1. The van der Waals surface area contributed by atoms with Crippen LogP contribution >= 0.6 is 27.3 Å². The first-order valence-corrected chi connectivity index (χ1v) is 9.57. The molecule has 4 nitrogen and oxygen atoms in total. The minimum Gasteiger partial charge on any atom is -0.329 e. The summed E-state index contributed by atoms with van der Waals surface area (Å²) < 4.78 is 0.880. The van der Waals surface area contributed by atoms with Crippen LogP contribution in [-0.4, -0.2) is 34.9 Å². The van der Waals surface area contributed by atoms with Crippen molar-refractivity contribution in [3.8, 4) is 0 Å². The molecule has 0 spiro atoms. The Morgan fingerprint density at radius 1 is 1.35 bits per heavy atom. The Kier molecular flexibility index (Phi) is 5.80. The number of rotatable bonds is 4. The summed E-state index contributed by atoms with van der Waals surface area (Å²) in [7, 11) is 0. The maximum Gasteiger partial charge on any atom is 0.265 e. The number of hydrogen-bond acceptors (Lipinski definition) is 4. The fourth-order valence-electron chi connectivity index (χ4n) is 2.92. The van der Waals surface area contributed by atoms with Gasteiger partial charge in [0, 0.05) is 16.7 Å². The van der Waals surface area contributed by atoms with E-state index in [2.05, 4.69) is 26.2 Å². The Hall–Kier alpha value is -1.24. The zero-order valence-electron chi connectivity index (χ0n) is 12.9. The highest BCUT2D eigenvalue weighted by Gasteiger charge is 2.27. The van der Waals surface area contributed by atoms with Gasteiger partial charge in [-0.05, 0) is 71.9 Å². The molecule has 0 bridgehead atoms. The van der Waals surface area contributed by atoms with E-state index in [0.29, 0.717) is 6.54 Å². The van der Waals surface area contributed by atoms with Crippen LogP contribution in [0.1, 0.15) is 34.6 Å². The van der Waals surface area contributed by atoms with E-state index in [4.69, 9.17) is 0 Å². The maximum atomic E-state index is 13.1. The Morgan fingerprint density at radius 2 is 2.26 bits per heavy atom. The lowest BCUT2D eigenvalue weighted by Gasteiger charge is -2.30. The van der Waals surface area contributed by atoms with E-state index < -0.39 is 0 Å². The van der Waals surface area contributed by atoms with Crippen molar-refractivity contribution in [1.82, 2.24) is 15.2 Å². The number of halogens is 1. The zero-order chi connectivity index (χ0) is 16.1. The second kappa shape index (κ2) is 8.04. The number of nitrogens with zero attached hydrogens (tertiary/aromatic N) is 2. The lowest BCUT2D eigenvalue weighted by Crippen LogP contribution is -2.40. The molecule has 0 aromatic carbocycles. The Balaban J connectivity index is 1.86. The summed E-state index contributed by atoms with van der Waals surface area (Å²) in [5, 5.41) is 5.37. The maximum absolute atomic E-state index is 13.1. The molecule has 122 valence electrons. The van der Waals surface area contributed by atoms with Crippen LogP contribution in [0.25, 0.3) is 0 Å². The van der Waals surface area contributed by atoms with Crippen LogP contribution < -0.4 is 5.32 Å². The number of carbonyl (C=O) groups excluding carboxylic acids is 1. The largest absolute Gasteiger partial charge is 0.329 e. The third-order valence-electron chi connectivity index (χ3n) is 4.12. The van der Waals surface area contributed by atoms with Crippen LogP contribution in [0.2, 0.25) is 0 Å². The molecular weight excluding hydrogens is 374 g/mol. The molecule has 6 heteroatoms. The molecule has 3 rings (SSSR count). The lowest BCUT2D eigenvalue weighted by atomic mass is 10.1. The van der Waals surface area contributed by atoms with E-state index in [-0.39, 0.29) is 11.9 Å². The molecule has 1 atom stereocenters. The molecule has 23 heavy (non-hydrogen) atoms. The summed E-state index contributed by atoms with van der Waals surface area (Å²) in [6.45, 7) is 2.56. The van der Waals surface area contributed by atoms with E-state index >= 15 is 0 Å². The molecule has 1 N–H and O–H groups in total. The van der Waals surface area contributed by atoms with Crippen molar-refractivity contribution in [3.63, 3.8) is 0 Å². The topological polar surface area (TPSA) is 45.2 Å². The molecule has 2 aromatic heterocycles. The summed E-state index contributed by atoms with van der Waals surface area (Å²) in [5.41, 5.74) is 0.936. The van der Waals surface area contributed by atoms with Gasteiger partial charge < -0.3 is 10.2 Å². The average molecular weight is 394 g/mol. The molecule has 1 saturated heterocycles. The number of hydrogen-bond donors (Lipinski definition) is 1. The first kappa shape index (κ1) is 16.6. The van der Waals surface area contributed by atoms with Gasteiger partial charge in [0.1, 0.15) is 4.88 Å². The van der Waals surface area contributed by atoms with E-state index in [1.807, 2.05) is 34.5 Å². The summed E-state index contributed by atoms with van der Waals surface area (Å²) in [5.74, 6) is 0.101. The van der Waals surface area contributed by atoms with Crippen molar-refractivity contribution in [1.29, 1.82) is 0 Å². The summed E-state index contributed by atoms with van der Waals surface area (Å²) >= 11 is 4.99. The van der Waals surface area contributed by atoms with Crippen LogP contribution in [0.3, 0.4) is 0 Å². The van der Waals surface area contributed by atoms with Gasteiger partial charge in [-0.25, -0.2) is 0 Å². The van der Waals surface area contributed by atoms with Gasteiger partial charge in [0.05, 0.1) is 12.2 Å². The molecule has 1 amide bonds. The quantitative estimate of drug-likeness (QED) is 0.861. The first-order chi connectivity index (χ1) is 11.3. The summed E-state index contributed by atoms with van der Waals surface area (Å²) in [6.07, 6.45) is 4.91. The molecule has 1 unspecified atom stereocenters. The third kappa shape index (κ3) is 4.19. The van der Waals surface area contributed by atoms with E-state index in [9.17, 15) is 4.79 Å². The molecule has 1 fully saturated rings. The molecule has 0 radical (unpaired) electrons. The van der Waals surface area contributed by atoms with Gasteiger partial charge in [0.15, 0.2) is 0 Å². The molecule has 3 heterocycles. The fourth-order valence-corrected chi connectivity index (χ4v) is 4.42. The molecule has 0 saturated carbocycles. The minimum absolute atomic E-state index is 0.101. The SMILES string of the molecule is O=C(c1sccc1Br)N(Cc1ccccn1)C1CCCNCC1. The number of aromatic nitrogens is 1. The molecule has 1 aliphatic heterocycles. The van der Waals surface area contributed by atoms with Gasteiger partial charge in [-0.3, -0.25) is 9.78 Å². The van der Waals surface area contributed by atoms with Crippen LogP contribution in [0.5, 0.6) is 0 Å². The molecule has 2 aromatic rings. The molecular formula is C17H20BrN3OS. The van der Waals surface area contributed by atoms with Crippen LogP contribution in [-0.2, 0) is 6.54 Å². The Morgan fingerprint density at radius 3 is 3.00 bits per heavy atom. The van der Waals surface area contributed by atoms with Gasteiger partial charge in [0.25, 0.3) is 5.91 Å².